The summed E-state index contributed by atoms with van der Waals surface area (Å²) in [6, 6.07) is 0. The van der Waals surface area contributed by atoms with Gasteiger partial charge in [0.15, 0.2) is 19.7 Å². The lowest BCUT2D eigenvalue weighted by molar-refractivity contribution is -0.138. The molecule has 8 nitrogen and oxygen atoms in total. The summed E-state index contributed by atoms with van der Waals surface area (Å²) in [5, 5.41) is 0. The second-order valence-corrected chi connectivity index (χ2v) is 11.6. The molecule has 0 bridgehead atoms. The molecule has 0 aromatic carbocycles. The molecule has 0 saturated carbocycles. The van der Waals surface area contributed by atoms with E-state index in [2.05, 4.69) is 11.3 Å². The molecule has 0 aliphatic rings. The Labute approximate surface area is 131 Å². The van der Waals surface area contributed by atoms with Crippen molar-refractivity contribution in [3.8, 4) is 0 Å². The van der Waals surface area contributed by atoms with Crippen LogP contribution in [0.25, 0.3) is 0 Å². The number of rotatable bonds is 7. The van der Waals surface area contributed by atoms with Crippen LogP contribution in [0.5, 0.6) is 0 Å². The lowest BCUT2D eigenvalue weighted by Gasteiger charge is -2.18. The van der Waals surface area contributed by atoms with E-state index in [1.165, 1.54) is 6.92 Å². The predicted molar refractivity (Wildman–Crippen MR) is 73.2 cm³/mol. The molecular weight excluding hydrogens is 389 g/mol. The quantitative estimate of drug-likeness (QED) is 0.422. The van der Waals surface area contributed by atoms with Crippen LogP contribution in [0.3, 0.4) is 0 Å². The number of alkyl halides is 3. The Hall–Kier alpha value is -1.15. The van der Waals surface area contributed by atoms with Gasteiger partial charge in [0.2, 0.25) is 0 Å². The maximum absolute atomic E-state index is 12.5. The summed E-state index contributed by atoms with van der Waals surface area (Å²) < 4.78 is 107. The third kappa shape index (κ3) is 5.46. The van der Waals surface area contributed by atoms with Gasteiger partial charge in [0, 0.05) is 11.8 Å². The molecule has 0 fully saturated rings. The number of hydrogen-bond donors (Lipinski definition) is 0. The maximum atomic E-state index is 12.5. The van der Waals surface area contributed by atoms with E-state index in [9.17, 15) is 43.2 Å². The van der Waals surface area contributed by atoms with Gasteiger partial charge in [-0.25, -0.2) is 30.0 Å². The third-order valence-corrected chi connectivity index (χ3v) is 10.7. The van der Waals surface area contributed by atoms with Crippen LogP contribution in [0.2, 0.25) is 0 Å². The minimum absolute atomic E-state index is 0.0401. The molecule has 0 rings (SSSR count). The summed E-state index contributed by atoms with van der Waals surface area (Å²) in [5.74, 6) is -2.51. The van der Waals surface area contributed by atoms with Crippen molar-refractivity contribution in [1.29, 1.82) is 0 Å². The minimum Gasteiger partial charge on any atom is -0.461 e. The fraction of sp³-hybridized carbons (Fsp3) is 0.667. The van der Waals surface area contributed by atoms with E-state index in [-0.39, 0.29) is 11.8 Å². The zero-order valence-corrected chi connectivity index (χ0v) is 14.3. The molecule has 0 aliphatic heterocycles. The van der Waals surface area contributed by atoms with Crippen LogP contribution in [-0.2, 0) is 39.0 Å². The first-order chi connectivity index (χ1) is 9.94. The zero-order valence-electron chi connectivity index (χ0n) is 11.8. The van der Waals surface area contributed by atoms with Gasteiger partial charge in [-0.2, -0.15) is 13.2 Å². The second kappa shape index (κ2) is 6.76. The highest BCUT2D eigenvalue weighted by Crippen LogP contribution is 2.32. The molecule has 1 unspecified atom stereocenters. The van der Waals surface area contributed by atoms with Crippen LogP contribution in [0.1, 0.15) is 6.92 Å². The van der Waals surface area contributed by atoms with Gasteiger partial charge in [0.05, 0.1) is 5.75 Å². The number of carbonyl (C=O) groups excluding carboxylic acids is 1. The van der Waals surface area contributed by atoms with Crippen molar-refractivity contribution in [2.24, 2.45) is 0 Å². The van der Waals surface area contributed by atoms with Crippen molar-refractivity contribution in [1.82, 2.24) is 0 Å². The summed E-state index contributed by atoms with van der Waals surface area (Å²) >= 11 is 0. The monoisotopic (exact) mass is 402 g/mol. The summed E-state index contributed by atoms with van der Waals surface area (Å²) in [5.41, 5.74) is -6.24. The average Bonchev–Trinajstić information content (AvgIpc) is 2.23. The molecule has 0 N–H and O–H groups in total. The Morgan fingerprint density at radius 3 is 1.87 bits per heavy atom. The number of esters is 1. The molecule has 1 atom stereocenters. The Bertz CT molecular complexity index is 789. The summed E-state index contributed by atoms with van der Waals surface area (Å²) in [6.45, 7) is 3.32. The fourth-order valence-corrected chi connectivity index (χ4v) is 8.74. The lowest BCUT2D eigenvalue weighted by atomic mass is 10.4. The highest BCUT2D eigenvalue weighted by molar-refractivity contribution is 8.24. The topological polar surface area (TPSA) is 129 Å². The molecular formula is C9H13F3O8S3. The summed E-state index contributed by atoms with van der Waals surface area (Å²) in [6.07, 6.45) is 0.0401. The van der Waals surface area contributed by atoms with Gasteiger partial charge < -0.3 is 4.74 Å². The van der Waals surface area contributed by atoms with Crippen LogP contribution in [0.15, 0.2) is 12.2 Å². The number of ether oxygens (including phenoxy) is 1. The molecule has 14 heteroatoms. The number of halogens is 3. The first-order valence-electron chi connectivity index (χ1n) is 5.48. The van der Waals surface area contributed by atoms with Crippen molar-refractivity contribution < 1.29 is 48.0 Å². The number of sulfone groups is 3. The second-order valence-electron chi connectivity index (χ2n) is 4.39. The van der Waals surface area contributed by atoms with Crippen molar-refractivity contribution in [3.05, 3.63) is 12.2 Å². The van der Waals surface area contributed by atoms with Crippen LogP contribution in [0.4, 0.5) is 13.2 Å². The third-order valence-electron chi connectivity index (χ3n) is 2.17. The summed E-state index contributed by atoms with van der Waals surface area (Å²) in [4.78, 5) is 11.0. The summed E-state index contributed by atoms with van der Waals surface area (Å²) in [7, 11) is -17.1. The molecule has 0 radical (unpaired) electrons. The fourth-order valence-electron chi connectivity index (χ4n) is 1.27. The first-order valence-corrected chi connectivity index (χ1v) is 10.7. The maximum Gasteiger partial charge on any atom is 0.499 e. The minimum atomic E-state index is -6.55. The van der Waals surface area contributed by atoms with Crippen LogP contribution in [0, 0.1) is 0 Å². The van der Waals surface area contributed by atoms with Crippen molar-refractivity contribution in [2.75, 3.05) is 18.6 Å². The number of hydrogen-bond acceptors (Lipinski definition) is 8. The molecule has 0 heterocycles. The predicted octanol–water partition coefficient (Wildman–Crippen LogP) is -0.217. The Morgan fingerprint density at radius 1 is 1.13 bits per heavy atom. The van der Waals surface area contributed by atoms with Crippen molar-refractivity contribution in [3.63, 3.8) is 0 Å². The van der Waals surface area contributed by atoms with E-state index < -0.39 is 57.3 Å². The highest BCUT2D eigenvalue weighted by Gasteiger charge is 2.59. The van der Waals surface area contributed by atoms with Gasteiger partial charge in [-0.1, -0.05) is 6.58 Å². The van der Waals surface area contributed by atoms with Gasteiger partial charge in [-0.05, 0) is 6.92 Å². The van der Waals surface area contributed by atoms with Crippen LogP contribution in [-0.4, -0.2) is 59.3 Å². The van der Waals surface area contributed by atoms with E-state index in [0.717, 1.165) is 0 Å². The van der Waals surface area contributed by atoms with Gasteiger partial charge in [0.1, 0.15) is 6.61 Å². The largest absolute Gasteiger partial charge is 0.499 e. The lowest BCUT2D eigenvalue weighted by Crippen LogP contribution is -2.45. The van der Waals surface area contributed by atoms with Crippen LogP contribution >= 0.6 is 0 Å². The van der Waals surface area contributed by atoms with Gasteiger partial charge in [-0.15, -0.1) is 0 Å². The first kappa shape index (κ1) is 21.9. The molecule has 0 spiro atoms. The highest BCUT2D eigenvalue weighted by atomic mass is 32.3. The molecule has 136 valence electrons. The normalized spacial score (nSPS) is 15.0. The van der Waals surface area contributed by atoms with Crippen molar-refractivity contribution in [2.45, 2.75) is 16.3 Å². The van der Waals surface area contributed by atoms with Crippen molar-refractivity contribution >= 4 is 35.5 Å². The number of carbonyl (C=O) groups is 1. The molecule has 0 aliphatic carbocycles. The Kier molecular flexibility index (Phi) is 6.43. The van der Waals surface area contributed by atoms with Gasteiger partial charge >= 0.3 is 11.5 Å². The van der Waals surface area contributed by atoms with E-state index in [4.69, 9.17) is 0 Å². The Morgan fingerprint density at radius 2 is 1.57 bits per heavy atom. The van der Waals surface area contributed by atoms with Gasteiger partial charge in [0.25, 0.3) is 13.8 Å². The van der Waals surface area contributed by atoms with Crippen LogP contribution < -0.4 is 0 Å². The molecule has 0 aromatic heterocycles. The SMILES string of the molecule is C=C(C)C(=O)OCCS(=O)(=O)C(S(C)(=O)=O)S(=O)(=O)C(F)(F)F. The zero-order chi connectivity index (χ0) is 18.9. The standard InChI is InChI=1S/C9H13F3O8S3/c1-6(2)7(13)20-4-5-22(16,17)8(21(3,14)15)23(18,19)9(10,11)12/h8H,1,4-5H2,2-3H3. The van der Waals surface area contributed by atoms with E-state index >= 15 is 0 Å². The Balaban J connectivity index is 5.71. The van der Waals surface area contributed by atoms with E-state index in [1.807, 2.05) is 0 Å². The molecule has 0 aromatic rings. The molecule has 23 heavy (non-hydrogen) atoms. The van der Waals surface area contributed by atoms with E-state index in [1.54, 1.807) is 0 Å². The smallest absolute Gasteiger partial charge is 0.461 e. The average molecular weight is 402 g/mol. The van der Waals surface area contributed by atoms with Gasteiger partial charge in [-0.3, -0.25) is 0 Å². The molecule has 0 saturated heterocycles. The molecule has 0 amide bonds. The van der Waals surface area contributed by atoms with E-state index in [0.29, 0.717) is 0 Å².